The van der Waals surface area contributed by atoms with Gasteiger partial charge in [-0.25, -0.2) is 4.99 Å². The first-order chi connectivity index (χ1) is 28.7. The highest BCUT2D eigenvalue weighted by Crippen LogP contribution is 2.45. The predicted molar refractivity (Wildman–Crippen MR) is 242 cm³/mol. The largest absolute Gasteiger partial charge is 0.453 e. The normalized spacial score (nSPS) is 12.5. The van der Waals surface area contributed by atoms with Crippen LogP contribution in [-0.2, 0) is 6.54 Å². The monoisotopic (exact) mass is 744 g/mol. The van der Waals surface area contributed by atoms with Gasteiger partial charge in [-0.3, -0.25) is 4.99 Å². The number of hydrogen-bond donors (Lipinski definition) is 1. The zero-order valence-electron chi connectivity index (χ0n) is 31.5. The van der Waals surface area contributed by atoms with E-state index in [0.29, 0.717) is 18.2 Å². The fourth-order valence-electron chi connectivity index (χ4n) is 8.65. The van der Waals surface area contributed by atoms with E-state index in [1.54, 1.807) is 0 Å². The Hall–Kier alpha value is -7.76. The molecule has 0 spiro atoms. The Bertz CT molecular complexity index is 3380. The highest BCUT2D eigenvalue weighted by molar-refractivity contribution is 6.25. The van der Waals surface area contributed by atoms with E-state index < -0.39 is 0 Å². The quantitative estimate of drug-likeness (QED) is 0.136. The first-order valence-electron chi connectivity index (χ1n) is 19.6. The average Bonchev–Trinajstić information content (AvgIpc) is 3.85. The van der Waals surface area contributed by atoms with E-state index in [4.69, 9.17) is 20.1 Å². The van der Waals surface area contributed by atoms with Crippen LogP contribution in [0, 0.1) is 0 Å². The van der Waals surface area contributed by atoms with E-state index in [0.717, 1.165) is 88.0 Å². The van der Waals surface area contributed by atoms with Crippen LogP contribution in [0.15, 0.2) is 209 Å². The highest BCUT2D eigenvalue weighted by Gasteiger charge is 2.22. The molecule has 0 aliphatic carbocycles. The van der Waals surface area contributed by atoms with E-state index >= 15 is 0 Å². The minimum Gasteiger partial charge on any atom is -0.453 e. The summed E-state index contributed by atoms with van der Waals surface area (Å²) in [6.07, 6.45) is 0. The molecule has 0 radical (unpaired) electrons. The SMILES string of the molecule is NC(=NC(=NCc1ccccc1)c1ccccc1)c1ccc(-c2cc3ccccc3c3c2oc2c(-n4c5ccccc5c5ccccc54)cccc23)c2ccccc12. The Kier molecular flexibility index (Phi) is 7.97. The lowest BCUT2D eigenvalue weighted by Gasteiger charge is -2.13. The van der Waals surface area contributed by atoms with Gasteiger partial charge in [-0.2, -0.15) is 0 Å². The van der Waals surface area contributed by atoms with Crippen molar-refractivity contribution in [3.63, 3.8) is 0 Å². The second-order valence-electron chi connectivity index (χ2n) is 14.7. The third-order valence-electron chi connectivity index (χ3n) is 11.3. The fraction of sp³-hybridized carbons (Fsp3) is 0.0189. The number of amidine groups is 2. The molecule has 0 aliphatic heterocycles. The van der Waals surface area contributed by atoms with Gasteiger partial charge in [0.1, 0.15) is 11.4 Å². The number of hydrogen-bond acceptors (Lipinski definition) is 2. The van der Waals surface area contributed by atoms with Crippen LogP contribution >= 0.6 is 0 Å². The Balaban J connectivity index is 1.12. The molecule has 0 saturated carbocycles. The van der Waals surface area contributed by atoms with Crippen LogP contribution in [0.1, 0.15) is 16.7 Å². The Morgan fingerprint density at radius 2 is 1.10 bits per heavy atom. The van der Waals surface area contributed by atoms with Crippen molar-refractivity contribution in [2.24, 2.45) is 15.7 Å². The van der Waals surface area contributed by atoms with Gasteiger partial charge in [0, 0.05) is 38.2 Å². The zero-order chi connectivity index (χ0) is 38.6. The summed E-state index contributed by atoms with van der Waals surface area (Å²) in [5.41, 5.74) is 16.9. The molecule has 2 aromatic heterocycles. The Morgan fingerprint density at radius 3 is 1.84 bits per heavy atom. The van der Waals surface area contributed by atoms with Crippen LogP contribution in [0.3, 0.4) is 0 Å². The summed E-state index contributed by atoms with van der Waals surface area (Å²) in [7, 11) is 0. The van der Waals surface area contributed by atoms with Crippen molar-refractivity contribution in [3.05, 3.63) is 211 Å². The lowest BCUT2D eigenvalue weighted by molar-refractivity contribution is 0.667. The highest BCUT2D eigenvalue weighted by atomic mass is 16.3. The predicted octanol–water partition coefficient (Wildman–Crippen LogP) is 13.0. The van der Waals surface area contributed by atoms with Crippen molar-refractivity contribution in [2.45, 2.75) is 6.54 Å². The summed E-state index contributed by atoms with van der Waals surface area (Å²) in [5, 5.41) is 8.96. The van der Waals surface area contributed by atoms with Gasteiger partial charge >= 0.3 is 0 Å². The molecule has 9 aromatic carbocycles. The average molecular weight is 745 g/mol. The molecule has 0 saturated heterocycles. The number of benzene rings is 9. The number of nitrogens with zero attached hydrogens (tertiary/aromatic N) is 3. The van der Waals surface area contributed by atoms with Crippen molar-refractivity contribution >= 4 is 77.0 Å². The van der Waals surface area contributed by atoms with Gasteiger partial charge in [0.25, 0.3) is 0 Å². The topological polar surface area (TPSA) is 68.8 Å². The first kappa shape index (κ1) is 33.6. The maximum Gasteiger partial charge on any atom is 0.159 e. The summed E-state index contributed by atoms with van der Waals surface area (Å²) < 4.78 is 9.55. The van der Waals surface area contributed by atoms with Crippen LogP contribution in [0.25, 0.3) is 82.1 Å². The molecule has 5 nitrogen and oxygen atoms in total. The molecule has 0 bridgehead atoms. The van der Waals surface area contributed by atoms with E-state index in [1.165, 1.54) is 10.8 Å². The molecular formula is C53H36N4O. The van der Waals surface area contributed by atoms with E-state index in [2.05, 4.69) is 150 Å². The molecule has 58 heavy (non-hydrogen) atoms. The second-order valence-corrected chi connectivity index (χ2v) is 14.7. The molecule has 0 atom stereocenters. The molecule has 0 unspecified atom stereocenters. The van der Waals surface area contributed by atoms with E-state index in [-0.39, 0.29) is 0 Å². The summed E-state index contributed by atoms with van der Waals surface area (Å²) in [6, 6.07) is 67.5. The molecule has 5 heteroatoms. The molecule has 0 fully saturated rings. The van der Waals surface area contributed by atoms with Gasteiger partial charge in [-0.05, 0) is 56.9 Å². The van der Waals surface area contributed by atoms with Crippen molar-refractivity contribution in [1.29, 1.82) is 0 Å². The van der Waals surface area contributed by atoms with E-state index in [9.17, 15) is 0 Å². The maximum absolute atomic E-state index is 7.21. The van der Waals surface area contributed by atoms with Crippen LogP contribution in [0.2, 0.25) is 0 Å². The molecule has 0 amide bonds. The standard InChI is InChI=1S/C53H36N4O/c54-52(56-53(35-18-5-2-6-19-35)55-33-34-16-3-1-4-17-34)43-31-30-40(38-22-9-10-23-39(38)43)45-32-36-20-7-8-21-37(36)49-44-26-15-29-48(50(44)58-51(45)49)57-46-27-13-11-24-41(46)42-25-12-14-28-47(42)57/h1-32H,33H2,(H2,54,55,56). The van der Waals surface area contributed by atoms with Crippen molar-refractivity contribution < 1.29 is 4.42 Å². The lowest BCUT2D eigenvalue weighted by atomic mass is 9.91. The van der Waals surface area contributed by atoms with Gasteiger partial charge in [-0.15, -0.1) is 0 Å². The van der Waals surface area contributed by atoms with Gasteiger partial charge in [-0.1, -0.05) is 170 Å². The third kappa shape index (κ3) is 5.47. The number of rotatable bonds is 6. The van der Waals surface area contributed by atoms with Crippen molar-refractivity contribution in [2.75, 3.05) is 0 Å². The summed E-state index contributed by atoms with van der Waals surface area (Å²) in [5.74, 6) is 0.995. The van der Waals surface area contributed by atoms with Gasteiger partial charge < -0.3 is 14.7 Å². The van der Waals surface area contributed by atoms with Crippen LogP contribution < -0.4 is 5.73 Å². The number of nitrogens with two attached hydrogens (primary N) is 1. The minimum atomic E-state index is 0.404. The molecular weight excluding hydrogens is 709 g/mol. The summed E-state index contributed by atoms with van der Waals surface area (Å²) in [4.78, 5) is 9.96. The number of aromatic nitrogens is 1. The summed E-state index contributed by atoms with van der Waals surface area (Å²) >= 11 is 0. The summed E-state index contributed by atoms with van der Waals surface area (Å²) in [6.45, 7) is 0.496. The van der Waals surface area contributed by atoms with Crippen molar-refractivity contribution in [1.82, 2.24) is 4.57 Å². The molecule has 11 aromatic rings. The molecule has 2 heterocycles. The van der Waals surface area contributed by atoms with Gasteiger partial charge in [0.05, 0.1) is 23.3 Å². The van der Waals surface area contributed by atoms with Gasteiger partial charge in [0.2, 0.25) is 0 Å². The minimum absolute atomic E-state index is 0.404. The van der Waals surface area contributed by atoms with Crippen LogP contribution in [0.4, 0.5) is 0 Å². The molecule has 2 N–H and O–H groups in total. The second kappa shape index (κ2) is 13.8. The van der Waals surface area contributed by atoms with Gasteiger partial charge in [0.15, 0.2) is 11.4 Å². The Labute approximate surface area is 334 Å². The maximum atomic E-state index is 7.21. The van der Waals surface area contributed by atoms with Crippen molar-refractivity contribution in [3.8, 4) is 16.8 Å². The lowest BCUT2D eigenvalue weighted by Crippen LogP contribution is -2.17. The molecule has 274 valence electrons. The third-order valence-corrected chi connectivity index (χ3v) is 11.3. The molecule has 11 rings (SSSR count). The van der Waals surface area contributed by atoms with Crippen LogP contribution in [-0.4, -0.2) is 16.2 Å². The first-order valence-corrected chi connectivity index (χ1v) is 19.6. The number of furan rings is 1. The zero-order valence-corrected chi connectivity index (χ0v) is 31.5. The van der Waals surface area contributed by atoms with Crippen LogP contribution in [0.5, 0.6) is 0 Å². The smallest absolute Gasteiger partial charge is 0.159 e. The Morgan fingerprint density at radius 1 is 0.500 bits per heavy atom. The van der Waals surface area contributed by atoms with E-state index in [1.807, 2.05) is 48.5 Å². The molecule has 0 aliphatic rings. The fourth-order valence-corrected chi connectivity index (χ4v) is 8.65. The number of para-hydroxylation sites is 3. The number of fused-ring (bicyclic) bond motifs is 9. The number of aliphatic imine (C=N–C) groups is 2.